The number of hydrogen-bond acceptors (Lipinski definition) is 7. The number of allylic oxidation sites excluding steroid dienone is 1. The van der Waals surface area contributed by atoms with Crippen LogP contribution in [0.4, 0.5) is 5.69 Å². The van der Waals surface area contributed by atoms with Gasteiger partial charge >= 0.3 is 0 Å². The highest BCUT2D eigenvalue weighted by Crippen LogP contribution is 2.39. The van der Waals surface area contributed by atoms with Crippen molar-refractivity contribution in [3.05, 3.63) is 40.6 Å². The van der Waals surface area contributed by atoms with Gasteiger partial charge < -0.3 is 0 Å². The summed E-state index contributed by atoms with van der Waals surface area (Å²) in [7, 11) is 0. The molecule has 1 aliphatic heterocycles. The number of aromatic nitrogens is 3. The normalized spacial score (nSPS) is 13.2. The van der Waals surface area contributed by atoms with Gasteiger partial charge in [0, 0.05) is 26.3 Å². The lowest BCUT2D eigenvalue weighted by Gasteiger charge is -2.32. The quantitative estimate of drug-likeness (QED) is 0.758. The van der Waals surface area contributed by atoms with Gasteiger partial charge in [0.1, 0.15) is 0 Å². The van der Waals surface area contributed by atoms with Crippen LogP contribution in [0.1, 0.15) is 39.1 Å². The summed E-state index contributed by atoms with van der Waals surface area (Å²) in [5.41, 5.74) is 1.37. The molecule has 0 aliphatic carbocycles. The van der Waals surface area contributed by atoms with Crippen LogP contribution in [0.25, 0.3) is 5.70 Å². The molecule has 0 unspecified atom stereocenters. The first-order valence-corrected chi connectivity index (χ1v) is 9.53. The summed E-state index contributed by atoms with van der Waals surface area (Å²) in [6, 6.07) is 6.52. The predicted molar refractivity (Wildman–Crippen MR) is 107 cm³/mol. The SMILES string of the molecule is CC(=O)C1=C(c2ccc(N(C(C)=O)C(C)=O)cc2)N(C(C)=O)n2c(C)nnc2S1. The van der Waals surface area contributed by atoms with Crippen LogP contribution in [-0.4, -0.2) is 38.4 Å². The highest BCUT2D eigenvalue weighted by molar-refractivity contribution is 8.04. The van der Waals surface area contributed by atoms with Crippen LogP contribution in [0.5, 0.6) is 0 Å². The Hall–Kier alpha value is -3.27. The van der Waals surface area contributed by atoms with Gasteiger partial charge in [0.15, 0.2) is 11.6 Å². The van der Waals surface area contributed by atoms with Crippen molar-refractivity contribution in [3.8, 4) is 0 Å². The number of nitrogens with zero attached hydrogens (tertiary/aromatic N) is 5. The molecule has 29 heavy (non-hydrogen) atoms. The van der Waals surface area contributed by atoms with E-state index in [4.69, 9.17) is 0 Å². The number of rotatable bonds is 3. The topological polar surface area (TPSA) is 105 Å². The fourth-order valence-electron chi connectivity index (χ4n) is 3.11. The van der Waals surface area contributed by atoms with Gasteiger partial charge in [0.25, 0.3) is 0 Å². The summed E-state index contributed by atoms with van der Waals surface area (Å²) in [4.78, 5) is 49.8. The molecule has 1 aromatic carbocycles. The minimum Gasteiger partial charge on any atom is -0.294 e. The molecule has 0 atom stereocenters. The lowest BCUT2D eigenvalue weighted by Crippen LogP contribution is -2.41. The Morgan fingerprint density at radius 1 is 0.931 bits per heavy atom. The van der Waals surface area contributed by atoms with Crippen LogP contribution in [0, 0.1) is 6.92 Å². The van der Waals surface area contributed by atoms with E-state index in [0.717, 1.165) is 16.7 Å². The first kappa shape index (κ1) is 20.5. The monoisotopic (exact) mass is 413 g/mol. The lowest BCUT2D eigenvalue weighted by molar-refractivity contribution is -0.124. The van der Waals surface area contributed by atoms with Crippen molar-refractivity contribution in [1.82, 2.24) is 14.9 Å². The number of anilines is 1. The molecular weight excluding hydrogens is 394 g/mol. The third-order valence-electron chi connectivity index (χ3n) is 4.23. The van der Waals surface area contributed by atoms with Crippen LogP contribution in [-0.2, 0) is 19.2 Å². The van der Waals surface area contributed by atoms with E-state index in [-0.39, 0.29) is 11.7 Å². The zero-order valence-corrected chi connectivity index (χ0v) is 17.4. The smallest absolute Gasteiger partial charge is 0.243 e. The number of amides is 3. The van der Waals surface area contributed by atoms with Crippen LogP contribution in [0.3, 0.4) is 0 Å². The Labute approximate surface area is 171 Å². The number of carbonyl (C=O) groups excluding carboxylic acids is 4. The molecular formula is C19H19N5O4S. The van der Waals surface area contributed by atoms with Gasteiger partial charge in [0.2, 0.25) is 22.9 Å². The van der Waals surface area contributed by atoms with Crippen molar-refractivity contribution in [2.75, 3.05) is 9.91 Å². The van der Waals surface area contributed by atoms with E-state index >= 15 is 0 Å². The molecule has 150 valence electrons. The van der Waals surface area contributed by atoms with Crippen molar-refractivity contribution in [1.29, 1.82) is 0 Å². The first-order valence-electron chi connectivity index (χ1n) is 8.71. The maximum atomic E-state index is 12.5. The second-order valence-corrected chi connectivity index (χ2v) is 7.41. The summed E-state index contributed by atoms with van der Waals surface area (Å²) < 4.78 is 1.56. The predicted octanol–water partition coefficient (Wildman–Crippen LogP) is 2.03. The molecule has 3 amide bonds. The van der Waals surface area contributed by atoms with Crippen LogP contribution < -0.4 is 9.91 Å². The minimum atomic E-state index is -0.405. The zero-order chi connectivity index (χ0) is 21.5. The number of benzene rings is 1. The zero-order valence-electron chi connectivity index (χ0n) is 16.6. The summed E-state index contributed by atoms with van der Waals surface area (Å²) in [6.45, 7) is 7.12. The van der Waals surface area contributed by atoms with Crippen LogP contribution in [0.2, 0.25) is 0 Å². The molecule has 2 aromatic rings. The van der Waals surface area contributed by atoms with Gasteiger partial charge in [-0.15, -0.1) is 10.2 Å². The first-order chi connectivity index (χ1) is 13.6. The van der Waals surface area contributed by atoms with E-state index in [1.54, 1.807) is 35.9 Å². The number of imide groups is 1. The van der Waals surface area contributed by atoms with E-state index in [0.29, 0.717) is 32.8 Å². The molecule has 0 N–H and O–H groups in total. The number of ketones is 1. The molecule has 0 saturated carbocycles. The standard InChI is InChI=1S/C19H19N5O4S/c1-10(25)18-17(24(14(5)28)23-11(2)20-21-19(23)29-18)15-6-8-16(9-7-15)22(12(3)26)13(4)27/h6-9H,1-5H3. The third kappa shape index (κ3) is 3.58. The van der Waals surface area contributed by atoms with Crippen molar-refractivity contribution >= 4 is 46.7 Å². The Kier molecular flexibility index (Phi) is 5.38. The second kappa shape index (κ2) is 7.63. The summed E-state index contributed by atoms with van der Waals surface area (Å²) in [5, 5.41) is 9.83. The summed E-state index contributed by atoms with van der Waals surface area (Å²) >= 11 is 1.14. The van der Waals surface area contributed by atoms with Gasteiger partial charge in [-0.3, -0.25) is 24.1 Å². The molecule has 1 aliphatic rings. The molecule has 0 saturated heterocycles. The van der Waals surface area contributed by atoms with Crippen molar-refractivity contribution in [3.63, 3.8) is 0 Å². The van der Waals surface area contributed by atoms with Gasteiger partial charge in [-0.1, -0.05) is 12.1 Å². The molecule has 0 bridgehead atoms. The van der Waals surface area contributed by atoms with E-state index < -0.39 is 11.8 Å². The highest BCUT2D eigenvalue weighted by Gasteiger charge is 2.34. The minimum absolute atomic E-state index is 0.221. The average Bonchev–Trinajstić information content (AvgIpc) is 3.01. The van der Waals surface area contributed by atoms with E-state index in [1.807, 2.05) is 0 Å². The van der Waals surface area contributed by atoms with Crippen molar-refractivity contribution in [2.45, 2.75) is 39.8 Å². The van der Waals surface area contributed by atoms with Gasteiger partial charge in [0.05, 0.1) is 16.3 Å². The van der Waals surface area contributed by atoms with Crippen molar-refractivity contribution in [2.24, 2.45) is 0 Å². The van der Waals surface area contributed by atoms with Gasteiger partial charge in [-0.25, -0.2) is 9.69 Å². The fraction of sp³-hybridized carbons (Fsp3) is 0.263. The van der Waals surface area contributed by atoms with Crippen LogP contribution in [0.15, 0.2) is 34.3 Å². The number of aryl methyl sites for hydroxylation is 1. The number of Topliss-reactive ketones (excluding diaryl/α,β-unsaturated/α-hetero) is 1. The number of hydrogen-bond donors (Lipinski definition) is 0. The molecule has 0 spiro atoms. The molecule has 10 heteroatoms. The third-order valence-corrected chi connectivity index (χ3v) is 5.36. The van der Waals surface area contributed by atoms with Crippen molar-refractivity contribution < 1.29 is 19.2 Å². The highest BCUT2D eigenvalue weighted by atomic mass is 32.2. The van der Waals surface area contributed by atoms with E-state index in [2.05, 4.69) is 10.2 Å². The maximum absolute atomic E-state index is 12.5. The van der Waals surface area contributed by atoms with E-state index in [9.17, 15) is 19.2 Å². The number of thioether (sulfide) groups is 1. The summed E-state index contributed by atoms with van der Waals surface area (Å²) in [6.07, 6.45) is 0. The Balaban J connectivity index is 2.16. The largest absolute Gasteiger partial charge is 0.294 e. The molecule has 2 heterocycles. The lowest BCUT2D eigenvalue weighted by atomic mass is 10.1. The van der Waals surface area contributed by atoms with Crippen LogP contribution >= 0.6 is 11.8 Å². The maximum Gasteiger partial charge on any atom is 0.243 e. The molecule has 9 nitrogen and oxygen atoms in total. The number of fused-ring (bicyclic) bond motifs is 1. The Morgan fingerprint density at radius 2 is 1.52 bits per heavy atom. The fourth-order valence-corrected chi connectivity index (χ4v) is 4.12. The van der Waals surface area contributed by atoms with E-state index in [1.165, 1.54) is 32.7 Å². The Bertz CT molecular complexity index is 1060. The number of carbonyl (C=O) groups is 4. The molecule has 1 aromatic heterocycles. The molecule has 0 radical (unpaired) electrons. The summed E-state index contributed by atoms with van der Waals surface area (Å²) in [5.74, 6) is -0.851. The molecule has 0 fully saturated rings. The molecule has 3 rings (SSSR count). The van der Waals surface area contributed by atoms with Gasteiger partial charge in [-0.2, -0.15) is 0 Å². The second-order valence-electron chi connectivity index (χ2n) is 6.43. The average molecular weight is 413 g/mol. The van der Waals surface area contributed by atoms with Gasteiger partial charge in [-0.05, 0) is 37.7 Å². The Morgan fingerprint density at radius 3 is 2.00 bits per heavy atom.